The summed E-state index contributed by atoms with van der Waals surface area (Å²) in [7, 11) is 6.42. The van der Waals surface area contributed by atoms with Crippen LogP contribution in [0.1, 0.15) is 111 Å². The van der Waals surface area contributed by atoms with Gasteiger partial charge < -0.3 is 35.4 Å². The predicted octanol–water partition coefficient (Wildman–Crippen LogP) is 3.72. The maximum atomic E-state index is 14.4. The molecule has 0 aromatic carbocycles. The smallest absolute Gasteiger partial charge is 0.240 e. The molecule has 0 aromatic rings. The molecule has 59 heavy (non-hydrogen) atoms. The highest BCUT2D eigenvalue weighted by molar-refractivity contribution is 7.92. The molecule has 7 unspecified atom stereocenters. The molecule has 340 valence electrons. The second-order valence-corrected chi connectivity index (χ2v) is 23.5. The molecule has 7 rings (SSSR count). The summed E-state index contributed by atoms with van der Waals surface area (Å²) in [6.45, 7) is 9.24. The molecule has 6 aliphatic carbocycles. The topological polar surface area (TPSA) is 161 Å². The molecule has 4 N–H and O–H groups in total. The van der Waals surface area contributed by atoms with E-state index < -0.39 is 40.0 Å². The fourth-order valence-corrected chi connectivity index (χ4v) is 15.2. The van der Waals surface area contributed by atoms with E-state index in [2.05, 4.69) is 50.4 Å². The van der Waals surface area contributed by atoms with E-state index in [1.54, 1.807) is 19.1 Å². The Labute approximate surface area is 356 Å². The maximum Gasteiger partial charge on any atom is 0.240 e. The fourth-order valence-electron chi connectivity index (χ4n) is 13.2. The summed E-state index contributed by atoms with van der Waals surface area (Å²) in [6, 6.07) is -0.977. The Kier molecular flexibility index (Phi) is 15.6. The number of hydrogen-bond donors (Lipinski definition) is 4. The Morgan fingerprint density at radius 1 is 0.966 bits per heavy atom. The lowest BCUT2D eigenvalue weighted by atomic mass is 9.45. The number of fused-ring (bicyclic) bond motifs is 2. The van der Waals surface area contributed by atoms with Gasteiger partial charge in [0.15, 0.2) is 9.84 Å². The van der Waals surface area contributed by atoms with Gasteiger partial charge in [0.25, 0.3) is 0 Å². The number of hydrogen-bond acceptors (Lipinski definition) is 11. The summed E-state index contributed by atoms with van der Waals surface area (Å²) in [5.74, 6) is 0.851. The number of methoxy groups -OCH3 is 1. The van der Waals surface area contributed by atoms with E-state index in [1.165, 1.54) is 6.42 Å². The van der Waals surface area contributed by atoms with Gasteiger partial charge in [-0.2, -0.15) is 5.06 Å². The van der Waals surface area contributed by atoms with Crippen LogP contribution in [0.5, 0.6) is 0 Å². The van der Waals surface area contributed by atoms with Crippen molar-refractivity contribution >= 4 is 21.7 Å². The Morgan fingerprint density at radius 2 is 1.68 bits per heavy atom. The van der Waals surface area contributed by atoms with Crippen molar-refractivity contribution in [1.82, 2.24) is 25.5 Å². The number of likely N-dealkylation sites (N-methyl/N-ethyl adjacent to an activating group) is 1. The SMILES string of the molecule is COC1C(CN2O[C@@H](CO)[C@@H]([C@H](C)O)[C@H]2C(=O)NC2C[C@H]3C[C@@H]([C@@H]2C)C3(C)C)CCCC1C1CC(C(=O)N[C@H](CN(C)C)CS(=O)(=O)C2CCCCC2)CC(N(C)C)C1. The van der Waals surface area contributed by atoms with Gasteiger partial charge in [0, 0.05) is 50.0 Å². The average Bonchev–Trinajstić information content (AvgIpc) is 3.56. The second-order valence-electron chi connectivity index (χ2n) is 21.2. The van der Waals surface area contributed by atoms with Crippen LogP contribution in [0.2, 0.25) is 0 Å². The van der Waals surface area contributed by atoms with Gasteiger partial charge in [0.1, 0.15) is 12.1 Å². The number of nitrogens with zero attached hydrogens (tertiary/aromatic N) is 3. The maximum absolute atomic E-state index is 14.4. The van der Waals surface area contributed by atoms with E-state index in [0.29, 0.717) is 61.9 Å². The Balaban J connectivity index is 1.16. The lowest BCUT2D eigenvalue weighted by Gasteiger charge is -2.62. The van der Waals surface area contributed by atoms with Crippen molar-refractivity contribution < 1.29 is 37.8 Å². The van der Waals surface area contributed by atoms with E-state index in [1.807, 2.05) is 19.0 Å². The summed E-state index contributed by atoms with van der Waals surface area (Å²) in [5.41, 5.74) is 0.292. The largest absolute Gasteiger partial charge is 0.394 e. The average molecular weight is 852 g/mol. The molecule has 1 aliphatic heterocycles. The third-order valence-electron chi connectivity index (χ3n) is 16.6. The van der Waals surface area contributed by atoms with Crippen LogP contribution in [0.15, 0.2) is 0 Å². The van der Waals surface area contributed by atoms with E-state index in [-0.39, 0.29) is 71.3 Å². The monoisotopic (exact) mass is 852 g/mol. The van der Waals surface area contributed by atoms with E-state index >= 15 is 0 Å². The first kappa shape index (κ1) is 47.1. The number of aliphatic hydroxyl groups excluding tert-OH is 2. The summed E-state index contributed by atoms with van der Waals surface area (Å²) < 4.78 is 33.6. The van der Waals surface area contributed by atoms with E-state index in [4.69, 9.17) is 9.57 Å². The third kappa shape index (κ3) is 10.4. The number of sulfone groups is 1. The van der Waals surface area contributed by atoms with Crippen LogP contribution in [0.4, 0.5) is 0 Å². The molecule has 0 spiro atoms. The van der Waals surface area contributed by atoms with Gasteiger partial charge in [-0.15, -0.1) is 0 Å². The van der Waals surface area contributed by atoms with Crippen molar-refractivity contribution in [2.45, 2.75) is 159 Å². The Bertz CT molecular complexity index is 1520. The van der Waals surface area contributed by atoms with Crippen molar-refractivity contribution in [3.05, 3.63) is 0 Å². The van der Waals surface area contributed by atoms with Crippen molar-refractivity contribution in [2.24, 2.45) is 52.8 Å². The third-order valence-corrected chi connectivity index (χ3v) is 19.0. The number of nitrogens with one attached hydrogen (secondary N) is 2. The highest BCUT2D eigenvalue weighted by atomic mass is 32.2. The van der Waals surface area contributed by atoms with Gasteiger partial charge in [0.2, 0.25) is 11.8 Å². The van der Waals surface area contributed by atoms with E-state index in [9.17, 15) is 28.2 Å². The quantitative estimate of drug-likeness (QED) is 0.179. The van der Waals surface area contributed by atoms with Crippen LogP contribution in [0.3, 0.4) is 0 Å². The number of ether oxygens (including phenoxy) is 1. The minimum atomic E-state index is -3.35. The van der Waals surface area contributed by atoms with Gasteiger partial charge in [-0.25, -0.2) is 8.42 Å². The predicted molar refractivity (Wildman–Crippen MR) is 230 cm³/mol. The zero-order chi connectivity index (χ0) is 43.0. The van der Waals surface area contributed by atoms with Crippen molar-refractivity contribution in [1.29, 1.82) is 0 Å². The van der Waals surface area contributed by atoms with Crippen molar-refractivity contribution in [3.63, 3.8) is 0 Å². The number of amides is 2. The van der Waals surface area contributed by atoms with Gasteiger partial charge in [0.05, 0.1) is 35.9 Å². The normalized spacial score (nSPS) is 39.1. The molecule has 0 radical (unpaired) electrons. The number of carbonyl (C=O) groups excluding carboxylic acids is 2. The molecule has 1 saturated heterocycles. The standard InChI is InChI=1S/C45H81N5O8S/c1-27-37-21-32(45(37,3)4)22-38(27)47-44(54)41-40(28(2)52)39(25-51)58-50(41)23-29-14-13-17-36(42(29)57-9)30-18-31(20-34(19-30)49(7)8)43(53)46-33(24-48(5)6)26-59(55,56)35-15-11-10-12-16-35/h27-42,51-52H,10-26H2,1-9H3,(H,46,53)(H,47,54)/t27-,28-,29?,30?,31?,32+,33+,34?,36?,37-,38?,39-,40+,41-,42?/m0/s1. The lowest BCUT2D eigenvalue weighted by molar-refractivity contribution is -0.193. The van der Waals surface area contributed by atoms with Crippen LogP contribution >= 0.6 is 0 Å². The molecule has 6 saturated carbocycles. The van der Waals surface area contributed by atoms with Gasteiger partial charge in [-0.1, -0.05) is 46.5 Å². The second kappa shape index (κ2) is 19.6. The molecule has 14 heteroatoms. The van der Waals surface area contributed by atoms with Crippen LogP contribution < -0.4 is 10.6 Å². The van der Waals surface area contributed by atoms with Crippen molar-refractivity contribution in [3.8, 4) is 0 Å². The summed E-state index contributed by atoms with van der Waals surface area (Å²) in [6.07, 6.45) is 10.1. The number of aliphatic hydroxyl groups is 2. The highest BCUT2D eigenvalue weighted by Crippen LogP contribution is 2.61. The minimum absolute atomic E-state index is 0.0321. The van der Waals surface area contributed by atoms with Crippen LogP contribution in [-0.2, 0) is 29.0 Å². The molecule has 7 fully saturated rings. The molecule has 0 aromatic heterocycles. The Morgan fingerprint density at radius 3 is 2.27 bits per heavy atom. The van der Waals surface area contributed by atoms with Crippen LogP contribution in [0, 0.1) is 52.8 Å². The first-order valence-corrected chi connectivity index (χ1v) is 25.0. The Hall–Kier alpha value is -1.39. The molecule has 13 nitrogen and oxygen atoms in total. The molecule has 2 bridgehead atoms. The zero-order valence-electron chi connectivity index (χ0n) is 37.9. The fraction of sp³-hybridized carbons (Fsp3) is 0.956. The molecule has 15 atom stereocenters. The zero-order valence-corrected chi connectivity index (χ0v) is 38.7. The molecule has 1 heterocycles. The number of hydroxylamine groups is 2. The van der Waals surface area contributed by atoms with Crippen LogP contribution in [-0.4, -0.2) is 154 Å². The summed E-state index contributed by atoms with van der Waals surface area (Å²) in [4.78, 5) is 39.3. The molecule has 2 amide bonds. The van der Waals surface area contributed by atoms with E-state index in [0.717, 1.165) is 51.4 Å². The first-order chi connectivity index (χ1) is 27.9. The molecule has 7 aliphatic rings. The van der Waals surface area contributed by atoms with Gasteiger partial charge in [-0.3, -0.25) is 14.4 Å². The number of rotatable bonds is 16. The van der Waals surface area contributed by atoms with Gasteiger partial charge in [-0.05, 0) is 128 Å². The number of carbonyl (C=O) groups is 2. The van der Waals surface area contributed by atoms with Crippen LogP contribution in [0.25, 0.3) is 0 Å². The highest BCUT2D eigenvalue weighted by Gasteiger charge is 2.58. The first-order valence-electron chi connectivity index (χ1n) is 23.2. The summed E-state index contributed by atoms with van der Waals surface area (Å²) >= 11 is 0. The van der Waals surface area contributed by atoms with Crippen molar-refractivity contribution in [2.75, 3.05) is 60.7 Å². The minimum Gasteiger partial charge on any atom is -0.394 e. The summed E-state index contributed by atoms with van der Waals surface area (Å²) in [5, 5.41) is 29.6. The van der Waals surface area contributed by atoms with Gasteiger partial charge >= 0.3 is 0 Å². The lowest BCUT2D eigenvalue weighted by Crippen LogP contribution is -2.62. The molecular weight excluding hydrogens is 771 g/mol. The molecular formula is C45H81N5O8S.